The van der Waals surface area contributed by atoms with E-state index in [9.17, 15) is 9.59 Å². The minimum Gasteiger partial charge on any atom is -0.495 e. The molecule has 4 aromatic rings. The molecule has 6 nitrogen and oxygen atoms in total. The summed E-state index contributed by atoms with van der Waals surface area (Å²) in [4.78, 5) is 31.0. The summed E-state index contributed by atoms with van der Waals surface area (Å²) < 4.78 is 8.75. The lowest BCUT2D eigenvalue weighted by atomic mass is 10.1. The minimum atomic E-state index is -0.225. The molecule has 0 bridgehead atoms. The molecule has 0 unspecified atom stereocenters. The molecule has 1 fully saturated rings. The molecule has 29 heavy (non-hydrogen) atoms. The van der Waals surface area contributed by atoms with Gasteiger partial charge in [0.05, 0.1) is 34.6 Å². The Hall–Kier alpha value is -3.41. The van der Waals surface area contributed by atoms with E-state index in [1.165, 1.54) is 4.57 Å². The standard InChI is InChI=1S/C23H21N3O3/c1-29-21-9-5-4-8-20(21)26-13-11-19-17(23(26)28)14-16-18(24-19)10-12-25(22(16)27)15-6-2-3-7-15/h4-5,8-15H,2-3,6-7H2,1H3. The lowest BCUT2D eigenvalue weighted by Gasteiger charge is -2.14. The summed E-state index contributed by atoms with van der Waals surface area (Å²) in [6, 6.07) is 13.0. The van der Waals surface area contributed by atoms with Gasteiger partial charge in [0.1, 0.15) is 5.75 Å². The highest BCUT2D eigenvalue weighted by atomic mass is 16.5. The fraction of sp³-hybridized carbons (Fsp3) is 0.261. The van der Waals surface area contributed by atoms with Gasteiger partial charge < -0.3 is 9.30 Å². The fourth-order valence-corrected chi connectivity index (χ4v) is 4.33. The van der Waals surface area contributed by atoms with Crippen molar-refractivity contribution < 1.29 is 4.74 Å². The number of rotatable bonds is 3. The van der Waals surface area contributed by atoms with E-state index in [0.717, 1.165) is 25.7 Å². The quantitative estimate of drug-likeness (QED) is 0.501. The van der Waals surface area contributed by atoms with Crippen LogP contribution in [0.25, 0.3) is 27.5 Å². The third-order valence-electron chi connectivity index (χ3n) is 5.83. The van der Waals surface area contributed by atoms with Crippen molar-refractivity contribution in [2.24, 2.45) is 0 Å². The second-order valence-electron chi connectivity index (χ2n) is 7.48. The van der Waals surface area contributed by atoms with E-state index >= 15 is 0 Å². The predicted octanol–water partition coefficient (Wildman–Crippen LogP) is 3.82. The zero-order valence-corrected chi connectivity index (χ0v) is 16.2. The van der Waals surface area contributed by atoms with Gasteiger partial charge in [-0.15, -0.1) is 0 Å². The Labute approximate surface area is 167 Å². The summed E-state index contributed by atoms with van der Waals surface area (Å²) >= 11 is 0. The van der Waals surface area contributed by atoms with Gasteiger partial charge in [-0.1, -0.05) is 25.0 Å². The third-order valence-corrected chi connectivity index (χ3v) is 5.83. The molecule has 146 valence electrons. The minimum absolute atomic E-state index is 0.0732. The number of ether oxygens (including phenoxy) is 1. The van der Waals surface area contributed by atoms with Gasteiger partial charge in [-0.2, -0.15) is 0 Å². The van der Waals surface area contributed by atoms with Gasteiger partial charge in [0.2, 0.25) is 0 Å². The molecule has 0 saturated heterocycles. The Morgan fingerprint density at radius 1 is 0.931 bits per heavy atom. The largest absolute Gasteiger partial charge is 0.495 e. The van der Waals surface area contributed by atoms with E-state index in [1.807, 2.05) is 41.1 Å². The van der Waals surface area contributed by atoms with Gasteiger partial charge >= 0.3 is 0 Å². The number of pyridine rings is 3. The lowest BCUT2D eigenvalue weighted by Crippen LogP contribution is -2.24. The van der Waals surface area contributed by atoms with E-state index in [2.05, 4.69) is 4.98 Å². The van der Waals surface area contributed by atoms with E-state index in [-0.39, 0.29) is 17.2 Å². The van der Waals surface area contributed by atoms with Crippen molar-refractivity contribution in [2.75, 3.05) is 7.11 Å². The summed E-state index contributed by atoms with van der Waals surface area (Å²) in [5.74, 6) is 0.603. The molecular weight excluding hydrogens is 366 g/mol. The third kappa shape index (κ3) is 2.83. The van der Waals surface area contributed by atoms with Crippen LogP contribution in [0, 0.1) is 0 Å². The number of nitrogens with zero attached hydrogens (tertiary/aromatic N) is 3. The Balaban J connectivity index is 1.75. The van der Waals surface area contributed by atoms with Crippen molar-refractivity contribution in [3.05, 3.63) is 75.6 Å². The predicted molar refractivity (Wildman–Crippen MR) is 113 cm³/mol. The van der Waals surface area contributed by atoms with Crippen molar-refractivity contribution in [1.29, 1.82) is 0 Å². The highest BCUT2D eigenvalue weighted by molar-refractivity contribution is 5.91. The number of aromatic nitrogens is 3. The molecule has 6 heteroatoms. The maximum absolute atomic E-state index is 13.3. The van der Waals surface area contributed by atoms with Crippen molar-refractivity contribution in [3.8, 4) is 11.4 Å². The van der Waals surface area contributed by atoms with Gasteiger partial charge in [-0.3, -0.25) is 14.2 Å². The van der Waals surface area contributed by atoms with Crippen molar-refractivity contribution in [3.63, 3.8) is 0 Å². The Morgan fingerprint density at radius 3 is 2.38 bits per heavy atom. The van der Waals surface area contributed by atoms with Crippen LogP contribution in [0.4, 0.5) is 0 Å². The molecule has 1 aromatic carbocycles. The van der Waals surface area contributed by atoms with Gasteiger partial charge in [0.25, 0.3) is 11.1 Å². The zero-order chi connectivity index (χ0) is 20.0. The number of fused-ring (bicyclic) bond motifs is 2. The van der Waals surface area contributed by atoms with Gasteiger partial charge in [0.15, 0.2) is 0 Å². The molecule has 0 spiro atoms. The van der Waals surface area contributed by atoms with E-state index < -0.39 is 0 Å². The van der Waals surface area contributed by atoms with Crippen molar-refractivity contribution in [1.82, 2.24) is 14.1 Å². The van der Waals surface area contributed by atoms with Crippen LogP contribution in [-0.2, 0) is 0 Å². The maximum Gasteiger partial charge on any atom is 0.264 e. The number of hydrogen-bond donors (Lipinski definition) is 0. The topological polar surface area (TPSA) is 66.1 Å². The van der Waals surface area contributed by atoms with Crippen LogP contribution >= 0.6 is 0 Å². The number of hydrogen-bond acceptors (Lipinski definition) is 4. The molecule has 3 heterocycles. The molecule has 3 aromatic heterocycles. The van der Waals surface area contributed by atoms with Gasteiger partial charge in [-0.25, -0.2) is 4.98 Å². The molecule has 1 aliphatic carbocycles. The van der Waals surface area contributed by atoms with Crippen LogP contribution in [0.5, 0.6) is 5.75 Å². The van der Waals surface area contributed by atoms with Crippen LogP contribution in [0.1, 0.15) is 31.7 Å². The number of benzene rings is 1. The highest BCUT2D eigenvalue weighted by Crippen LogP contribution is 2.29. The molecule has 0 radical (unpaired) electrons. The van der Waals surface area contributed by atoms with Crippen molar-refractivity contribution in [2.45, 2.75) is 31.7 Å². The summed E-state index contributed by atoms with van der Waals surface area (Å²) in [5.41, 5.74) is 1.55. The number of methoxy groups -OCH3 is 1. The fourth-order valence-electron chi connectivity index (χ4n) is 4.33. The van der Waals surface area contributed by atoms with Crippen LogP contribution in [0.15, 0.2) is 64.4 Å². The van der Waals surface area contributed by atoms with E-state index in [0.29, 0.717) is 33.2 Å². The molecular formula is C23H21N3O3. The number of para-hydroxylation sites is 2. The van der Waals surface area contributed by atoms with E-state index in [4.69, 9.17) is 4.74 Å². The van der Waals surface area contributed by atoms with Crippen LogP contribution in [0.2, 0.25) is 0 Å². The molecule has 1 aliphatic rings. The summed E-state index contributed by atoms with van der Waals surface area (Å²) in [6.07, 6.45) is 7.88. The monoisotopic (exact) mass is 387 g/mol. The molecule has 0 aliphatic heterocycles. The second-order valence-corrected chi connectivity index (χ2v) is 7.48. The van der Waals surface area contributed by atoms with Crippen LogP contribution in [-0.4, -0.2) is 21.2 Å². The summed E-state index contributed by atoms with van der Waals surface area (Å²) in [7, 11) is 1.57. The molecule has 0 amide bonds. The highest BCUT2D eigenvalue weighted by Gasteiger charge is 2.19. The first-order valence-corrected chi connectivity index (χ1v) is 9.88. The average Bonchev–Trinajstić information content (AvgIpc) is 3.28. The Morgan fingerprint density at radius 2 is 1.62 bits per heavy atom. The second kappa shape index (κ2) is 6.88. The molecule has 1 saturated carbocycles. The van der Waals surface area contributed by atoms with Crippen LogP contribution in [0.3, 0.4) is 0 Å². The first-order chi connectivity index (χ1) is 14.2. The summed E-state index contributed by atoms with van der Waals surface area (Å²) in [6.45, 7) is 0. The Kier molecular flexibility index (Phi) is 4.19. The average molecular weight is 387 g/mol. The van der Waals surface area contributed by atoms with Crippen molar-refractivity contribution >= 4 is 21.8 Å². The SMILES string of the molecule is COc1ccccc1-n1ccc2nc3ccn(C4CCCC4)c(=O)c3cc2c1=O. The van der Waals surface area contributed by atoms with E-state index in [1.54, 1.807) is 25.4 Å². The molecule has 5 rings (SSSR count). The maximum atomic E-state index is 13.3. The first kappa shape index (κ1) is 17.7. The Bertz CT molecular complexity index is 1350. The zero-order valence-electron chi connectivity index (χ0n) is 16.2. The first-order valence-electron chi connectivity index (χ1n) is 9.88. The summed E-state index contributed by atoms with van der Waals surface area (Å²) in [5, 5.41) is 0.911. The molecule has 0 N–H and O–H groups in total. The normalized spacial score (nSPS) is 14.7. The van der Waals surface area contributed by atoms with Gasteiger partial charge in [0, 0.05) is 18.4 Å². The lowest BCUT2D eigenvalue weighted by molar-refractivity contribution is 0.412. The van der Waals surface area contributed by atoms with Crippen LogP contribution < -0.4 is 15.9 Å². The molecule has 0 atom stereocenters. The van der Waals surface area contributed by atoms with Gasteiger partial charge in [-0.05, 0) is 43.2 Å². The smallest absolute Gasteiger partial charge is 0.264 e.